The van der Waals surface area contributed by atoms with E-state index in [1.165, 1.54) is 13.2 Å². The van der Waals surface area contributed by atoms with Crippen LogP contribution in [0, 0.1) is 10.1 Å². The molecule has 0 spiro atoms. The van der Waals surface area contributed by atoms with Gasteiger partial charge in [-0.1, -0.05) is 0 Å². The Bertz CT molecular complexity index is 382. The molecule has 0 radical (unpaired) electrons. The Morgan fingerprint density at radius 1 is 1.56 bits per heavy atom. The number of hydrogen-bond acceptors (Lipinski definition) is 5. The summed E-state index contributed by atoms with van der Waals surface area (Å²) in [6, 6.07) is 4.74. The highest BCUT2D eigenvalue weighted by molar-refractivity contribution is 5.58. The van der Waals surface area contributed by atoms with E-state index >= 15 is 0 Å². The van der Waals surface area contributed by atoms with Crippen LogP contribution in [0.2, 0.25) is 0 Å². The summed E-state index contributed by atoms with van der Waals surface area (Å²) in [5, 5.41) is 10.7. The number of nitrogens with zero attached hydrogens (tertiary/aromatic N) is 2. The normalized spacial score (nSPS) is 9.94. The summed E-state index contributed by atoms with van der Waals surface area (Å²) in [6.45, 7) is 1.21. The summed E-state index contributed by atoms with van der Waals surface area (Å²) in [4.78, 5) is 12.1. The van der Waals surface area contributed by atoms with E-state index in [0.29, 0.717) is 13.1 Å². The minimum absolute atomic E-state index is 0.0348. The van der Waals surface area contributed by atoms with Crippen LogP contribution in [0.3, 0.4) is 0 Å². The van der Waals surface area contributed by atoms with Gasteiger partial charge in [-0.05, 0) is 6.07 Å². The molecule has 0 bridgehead atoms. The van der Waals surface area contributed by atoms with Crippen molar-refractivity contribution < 1.29 is 9.66 Å². The van der Waals surface area contributed by atoms with Gasteiger partial charge in [0.15, 0.2) is 5.75 Å². The third-order valence-corrected chi connectivity index (χ3v) is 2.27. The van der Waals surface area contributed by atoms with Gasteiger partial charge in [0.25, 0.3) is 0 Å². The molecule has 0 aliphatic carbocycles. The van der Waals surface area contributed by atoms with Gasteiger partial charge in [0.2, 0.25) is 0 Å². The SMILES string of the molecule is COc1cc(N(C)CCN)ccc1[N+](=O)[O-]. The Hall–Kier alpha value is -1.82. The molecule has 2 N–H and O–H groups in total. The molecule has 0 fully saturated rings. The van der Waals surface area contributed by atoms with Crippen molar-refractivity contribution in [3.63, 3.8) is 0 Å². The number of nitrogens with two attached hydrogens (primary N) is 1. The van der Waals surface area contributed by atoms with Crippen LogP contribution >= 0.6 is 0 Å². The molecule has 0 amide bonds. The Balaban J connectivity index is 3.03. The van der Waals surface area contributed by atoms with Crippen molar-refractivity contribution in [1.82, 2.24) is 0 Å². The minimum Gasteiger partial charge on any atom is -0.490 e. The van der Waals surface area contributed by atoms with E-state index in [2.05, 4.69) is 0 Å². The third kappa shape index (κ3) is 2.60. The molecular weight excluding hydrogens is 210 g/mol. The molecule has 1 aromatic rings. The van der Waals surface area contributed by atoms with Crippen LogP contribution in [0.15, 0.2) is 18.2 Å². The number of methoxy groups -OCH3 is 1. The molecule has 88 valence electrons. The lowest BCUT2D eigenvalue weighted by atomic mass is 10.2. The molecule has 0 unspecified atom stereocenters. The maximum atomic E-state index is 10.7. The van der Waals surface area contributed by atoms with E-state index in [9.17, 15) is 10.1 Å². The first-order valence-corrected chi connectivity index (χ1v) is 4.83. The molecule has 1 rings (SSSR count). The quantitative estimate of drug-likeness (QED) is 0.597. The zero-order valence-corrected chi connectivity index (χ0v) is 9.34. The molecule has 0 saturated carbocycles. The fraction of sp³-hybridized carbons (Fsp3) is 0.400. The maximum absolute atomic E-state index is 10.7. The highest BCUT2D eigenvalue weighted by atomic mass is 16.6. The number of nitro benzene ring substituents is 1. The largest absolute Gasteiger partial charge is 0.490 e. The fourth-order valence-corrected chi connectivity index (χ4v) is 1.38. The van der Waals surface area contributed by atoms with E-state index in [0.717, 1.165) is 5.69 Å². The summed E-state index contributed by atoms with van der Waals surface area (Å²) in [5.74, 6) is 0.256. The van der Waals surface area contributed by atoms with Crippen molar-refractivity contribution in [2.24, 2.45) is 5.73 Å². The van der Waals surface area contributed by atoms with Gasteiger partial charge in [0, 0.05) is 38.0 Å². The highest BCUT2D eigenvalue weighted by Gasteiger charge is 2.15. The number of rotatable bonds is 5. The summed E-state index contributed by atoms with van der Waals surface area (Å²) >= 11 is 0. The van der Waals surface area contributed by atoms with Gasteiger partial charge in [-0.3, -0.25) is 10.1 Å². The van der Waals surface area contributed by atoms with Gasteiger partial charge >= 0.3 is 5.69 Å². The minimum atomic E-state index is -0.467. The summed E-state index contributed by atoms with van der Waals surface area (Å²) in [6.07, 6.45) is 0. The average molecular weight is 225 g/mol. The molecule has 0 aliphatic heterocycles. The molecule has 0 atom stereocenters. The maximum Gasteiger partial charge on any atom is 0.311 e. The predicted molar refractivity (Wildman–Crippen MR) is 62.0 cm³/mol. The van der Waals surface area contributed by atoms with Gasteiger partial charge in [-0.25, -0.2) is 0 Å². The van der Waals surface area contributed by atoms with E-state index in [-0.39, 0.29) is 11.4 Å². The lowest BCUT2D eigenvalue weighted by Gasteiger charge is -2.18. The Morgan fingerprint density at radius 2 is 2.25 bits per heavy atom. The van der Waals surface area contributed by atoms with Crippen LogP contribution < -0.4 is 15.4 Å². The van der Waals surface area contributed by atoms with Crippen molar-refractivity contribution >= 4 is 11.4 Å². The Morgan fingerprint density at radius 3 is 2.75 bits per heavy atom. The lowest BCUT2D eigenvalue weighted by Crippen LogP contribution is -2.24. The lowest BCUT2D eigenvalue weighted by molar-refractivity contribution is -0.385. The van der Waals surface area contributed by atoms with Gasteiger partial charge in [0.1, 0.15) is 0 Å². The molecule has 6 heteroatoms. The van der Waals surface area contributed by atoms with Crippen LogP contribution in [0.5, 0.6) is 5.75 Å². The molecule has 0 aliphatic rings. The number of hydrogen-bond donors (Lipinski definition) is 1. The summed E-state index contributed by atoms with van der Waals surface area (Å²) in [5.41, 5.74) is 6.24. The Kier molecular flexibility index (Phi) is 4.07. The number of nitro groups is 1. The molecule has 0 saturated heterocycles. The van der Waals surface area contributed by atoms with Crippen molar-refractivity contribution in [3.05, 3.63) is 28.3 Å². The number of ether oxygens (including phenoxy) is 1. The van der Waals surface area contributed by atoms with Crippen LogP contribution in [0.4, 0.5) is 11.4 Å². The zero-order chi connectivity index (χ0) is 12.1. The number of likely N-dealkylation sites (N-methyl/N-ethyl adjacent to an activating group) is 1. The molecule has 6 nitrogen and oxygen atoms in total. The summed E-state index contributed by atoms with van der Waals surface area (Å²) in [7, 11) is 3.28. The van der Waals surface area contributed by atoms with Gasteiger partial charge in [0.05, 0.1) is 12.0 Å². The van der Waals surface area contributed by atoms with Crippen LogP contribution in [0.25, 0.3) is 0 Å². The molecule has 1 aromatic carbocycles. The fourth-order valence-electron chi connectivity index (χ4n) is 1.38. The molecule has 0 heterocycles. The smallest absolute Gasteiger partial charge is 0.311 e. The number of anilines is 1. The van der Waals surface area contributed by atoms with Crippen molar-refractivity contribution in [2.75, 3.05) is 32.1 Å². The van der Waals surface area contributed by atoms with Crippen molar-refractivity contribution in [1.29, 1.82) is 0 Å². The van der Waals surface area contributed by atoms with Gasteiger partial charge < -0.3 is 15.4 Å². The topological polar surface area (TPSA) is 81.6 Å². The first-order valence-electron chi connectivity index (χ1n) is 4.83. The number of benzene rings is 1. The average Bonchev–Trinajstić information content (AvgIpc) is 2.28. The zero-order valence-electron chi connectivity index (χ0n) is 9.34. The van der Waals surface area contributed by atoms with Crippen LogP contribution in [-0.2, 0) is 0 Å². The monoisotopic (exact) mass is 225 g/mol. The Labute approximate surface area is 93.8 Å². The van der Waals surface area contributed by atoms with E-state index < -0.39 is 4.92 Å². The predicted octanol–water partition coefficient (Wildman–Crippen LogP) is 0.998. The molecular formula is C10H15N3O3. The van der Waals surface area contributed by atoms with E-state index in [1.807, 2.05) is 11.9 Å². The van der Waals surface area contributed by atoms with Crippen molar-refractivity contribution in [3.8, 4) is 5.75 Å². The first-order chi connectivity index (χ1) is 7.60. The molecule has 16 heavy (non-hydrogen) atoms. The first kappa shape index (κ1) is 12.3. The third-order valence-electron chi connectivity index (χ3n) is 2.27. The van der Waals surface area contributed by atoms with Crippen LogP contribution in [-0.4, -0.2) is 32.2 Å². The standard InChI is InChI=1S/C10H15N3O3/c1-12(6-5-11)8-3-4-9(13(14)15)10(7-8)16-2/h3-4,7H,5-6,11H2,1-2H3. The second kappa shape index (κ2) is 5.32. The van der Waals surface area contributed by atoms with E-state index in [4.69, 9.17) is 10.5 Å². The summed E-state index contributed by atoms with van der Waals surface area (Å²) < 4.78 is 4.98. The van der Waals surface area contributed by atoms with Gasteiger partial charge in [-0.15, -0.1) is 0 Å². The highest BCUT2D eigenvalue weighted by Crippen LogP contribution is 2.30. The second-order valence-corrected chi connectivity index (χ2v) is 3.32. The molecule has 0 aromatic heterocycles. The van der Waals surface area contributed by atoms with Crippen molar-refractivity contribution in [2.45, 2.75) is 0 Å². The van der Waals surface area contributed by atoms with Crippen LogP contribution in [0.1, 0.15) is 0 Å². The van der Waals surface area contributed by atoms with Gasteiger partial charge in [-0.2, -0.15) is 0 Å². The second-order valence-electron chi connectivity index (χ2n) is 3.32. The van der Waals surface area contributed by atoms with E-state index in [1.54, 1.807) is 12.1 Å².